The maximum absolute atomic E-state index is 6.33. The van der Waals surface area contributed by atoms with E-state index >= 15 is 0 Å². The molecule has 0 aliphatic carbocycles. The average molecular weight is 342 g/mol. The summed E-state index contributed by atoms with van der Waals surface area (Å²) in [7, 11) is 0. The van der Waals surface area contributed by atoms with Gasteiger partial charge in [0.05, 0.1) is 8.67 Å². The topological polar surface area (TPSA) is 12.0 Å². The summed E-state index contributed by atoms with van der Waals surface area (Å²) in [5, 5.41) is 3.58. The second-order valence-corrected chi connectivity index (χ2v) is 7.45. The van der Waals surface area contributed by atoms with E-state index in [1.165, 1.54) is 22.5 Å². The van der Waals surface area contributed by atoms with Crippen LogP contribution in [0.2, 0.25) is 8.67 Å². The zero-order valence-corrected chi connectivity index (χ0v) is 14.8. The zero-order chi connectivity index (χ0) is 15.2. The molecule has 114 valence electrons. The SMILES string of the molecule is CCCNC(Cc1ccc(CC)cc1)c1cc(Cl)sc1Cl. The lowest BCUT2D eigenvalue weighted by molar-refractivity contribution is 0.530. The van der Waals surface area contributed by atoms with Crippen LogP contribution in [0.25, 0.3) is 0 Å². The first-order valence-electron chi connectivity index (χ1n) is 7.40. The van der Waals surface area contributed by atoms with E-state index < -0.39 is 0 Å². The number of hydrogen-bond donors (Lipinski definition) is 1. The highest BCUT2D eigenvalue weighted by Crippen LogP contribution is 2.36. The highest BCUT2D eigenvalue weighted by atomic mass is 35.5. The highest BCUT2D eigenvalue weighted by Gasteiger charge is 2.17. The van der Waals surface area contributed by atoms with Gasteiger partial charge in [-0.1, -0.05) is 61.3 Å². The summed E-state index contributed by atoms with van der Waals surface area (Å²) in [4.78, 5) is 0. The monoisotopic (exact) mass is 341 g/mol. The largest absolute Gasteiger partial charge is 0.310 e. The van der Waals surface area contributed by atoms with Crippen molar-refractivity contribution in [3.05, 3.63) is 55.7 Å². The fourth-order valence-electron chi connectivity index (χ4n) is 2.35. The Morgan fingerprint density at radius 1 is 1.10 bits per heavy atom. The van der Waals surface area contributed by atoms with E-state index in [2.05, 4.69) is 43.4 Å². The van der Waals surface area contributed by atoms with Gasteiger partial charge in [0.15, 0.2) is 0 Å². The van der Waals surface area contributed by atoms with Gasteiger partial charge in [-0.25, -0.2) is 0 Å². The third-order valence-corrected chi connectivity index (χ3v) is 5.09. The Morgan fingerprint density at radius 3 is 2.29 bits per heavy atom. The van der Waals surface area contributed by atoms with Gasteiger partial charge in [-0.15, -0.1) is 11.3 Å². The van der Waals surface area contributed by atoms with Gasteiger partial charge in [0.25, 0.3) is 0 Å². The van der Waals surface area contributed by atoms with Gasteiger partial charge in [-0.2, -0.15) is 0 Å². The van der Waals surface area contributed by atoms with Gasteiger partial charge < -0.3 is 5.32 Å². The van der Waals surface area contributed by atoms with E-state index in [1.807, 2.05) is 6.07 Å². The van der Waals surface area contributed by atoms with Crippen LogP contribution in [-0.2, 0) is 12.8 Å². The van der Waals surface area contributed by atoms with Crippen molar-refractivity contribution in [1.29, 1.82) is 0 Å². The summed E-state index contributed by atoms with van der Waals surface area (Å²) >= 11 is 13.9. The van der Waals surface area contributed by atoms with Crippen LogP contribution >= 0.6 is 34.5 Å². The molecular formula is C17H21Cl2NS. The second-order valence-electron chi connectivity index (χ2n) is 5.16. The lowest BCUT2D eigenvalue weighted by Crippen LogP contribution is -2.24. The van der Waals surface area contributed by atoms with Crippen molar-refractivity contribution in [2.75, 3.05) is 6.54 Å². The van der Waals surface area contributed by atoms with E-state index in [1.54, 1.807) is 0 Å². The number of halogens is 2. The van der Waals surface area contributed by atoms with Gasteiger partial charge in [0, 0.05) is 11.6 Å². The minimum atomic E-state index is 0.216. The summed E-state index contributed by atoms with van der Waals surface area (Å²) in [6.07, 6.45) is 3.10. The average Bonchev–Trinajstić information content (AvgIpc) is 2.83. The van der Waals surface area contributed by atoms with Crippen molar-refractivity contribution in [2.45, 2.75) is 39.2 Å². The van der Waals surface area contributed by atoms with E-state index in [-0.39, 0.29) is 6.04 Å². The fraction of sp³-hybridized carbons (Fsp3) is 0.412. The molecule has 1 heterocycles. The third kappa shape index (κ3) is 4.72. The third-order valence-electron chi connectivity index (χ3n) is 3.57. The maximum atomic E-state index is 6.33. The van der Waals surface area contributed by atoms with Crippen LogP contribution in [0.4, 0.5) is 0 Å². The van der Waals surface area contributed by atoms with E-state index in [9.17, 15) is 0 Å². The molecule has 0 amide bonds. The normalized spacial score (nSPS) is 12.6. The molecule has 1 atom stereocenters. The molecular weight excluding hydrogens is 321 g/mol. The minimum absolute atomic E-state index is 0.216. The molecule has 1 N–H and O–H groups in total. The van der Waals surface area contributed by atoms with Gasteiger partial charge in [-0.05, 0) is 43.0 Å². The zero-order valence-electron chi connectivity index (χ0n) is 12.5. The van der Waals surface area contributed by atoms with E-state index in [4.69, 9.17) is 23.2 Å². The van der Waals surface area contributed by atoms with Crippen LogP contribution in [0.3, 0.4) is 0 Å². The molecule has 0 fully saturated rings. The first kappa shape index (κ1) is 16.8. The predicted octanol–water partition coefficient (Wildman–Crippen LogP) is 5.90. The van der Waals surface area contributed by atoms with Crippen LogP contribution in [0.15, 0.2) is 30.3 Å². The lowest BCUT2D eigenvalue weighted by atomic mass is 9.99. The van der Waals surface area contributed by atoms with Gasteiger partial charge >= 0.3 is 0 Å². The summed E-state index contributed by atoms with van der Waals surface area (Å²) in [5.74, 6) is 0. The first-order chi connectivity index (χ1) is 10.1. The Bertz CT molecular complexity index is 563. The first-order valence-corrected chi connectivity index (χ1v) is 8.97. The summed E-state index contributed by atoms with van der Waals surface area (Å²) < 4.78 is 1.54. The molecule has 0 saturated heterocycles. The van der Waals surface area contributed by atoms with Crippen LogP contribution in [0, 0.1) is 0 Å². The molecule has 1 nitrogen and oxygen atoms in total. The Hall–Kier alpha value is -0.540. The predicted molar refractivity (Wildman–Crippen MR) is 94.9 cm³/mol. The lowest BCUT2D eigenvalue weighted by Gasteiger charge is -2.18. The molecule has 2 rings (SSSR count). The molecule has 1 unspecified atom stereocenters. The fourth-order valence-corrected chi connectivity index (χ4v) is 3.93. The standard InChI is InChI=1S/C17H21Cl2NS/c1-3-9-20-15(14-11-16(18)21-17(14)19)10-13-7-5-12(4-2)6-8-13/h5-8,11,15,20H,3-4,9-10H2,1-2H3. The smallest absolute Gasteiger partial charge is 0.0992 e. The van der Waals surface area contributed by atoms with Gasteiger partial charge in [0.2, 0.25) is 0 Å². The quantitative estimate of drug-likeness (QED) is 0.660. The number of benzene rings is 1. The van der Waals surface area contributed by atoms with Gasteiger partial charge in [-0.3, -0.25) is 0 Å². The number of rotatable bonds is 7. The molecule has 1 aromatic heterocycles. The second kappa shape index (κ2) is 8.19. The summed E-state index contributed by atoms with van der Waals surface area (Å²) in [5.41, 5.74) is 3.80. The van der Waals surface area contributed by atoms with Crippen molar-refractivity contribution < 1.29 is 0 Å². The number of nitrogens with one attached hydrogen (secondary N) is 1. The van der Waals surface area contributed by atoms with Crippen molar-refractivity contribution >= 4 is 34.5 Å². The van der Waals surface area contributed by atoms with Crippen molar-refractivity contribution in [3.63, 3.8) is 0 Å². The van der Waals surface area contributed by atoms with Gasteiger partial charge in [0.1, 0.15) is 0 Å². The van der Waals surface area contributed by atoms with Crippen LogP contribution < -0.4 is 5.32 Å². The Labute approximate surface area is 141 Å². The molecule has 0 bridgehead atoms. The molecule has 0 saturated carbocycles. The molecule has 0 spiro atoms. The highest BCUT2D eigenvalue weighted by molar-refractivity contribution is 7.20. The molecule has 2 aromatic rings. The van der Waals surface area contributed by atoms with Crippen molar-refractivity contribution in [1.82, 2.24) is 5.32 Å². The van der Waals surface area contributed by atoms with Crippen LogP contribution in [0.5, 0.6) is 0 Å². The Kier molecular flexibility index (Phi) is 6.56. The molecule has 0 aliphatic rings. The molecule has 21 heavy (non-hydrogen) atoms. The van der Waals surface area contributed by atoms with Crippen LogP contribution in [0.1, 0.15) is 43.0 Å². The maximum Gasteiger partial charge on any atom is 0.0992 e. The van der Waals surface area contributed by atoms with E-state index in [0.29, 0.717) is 0 Å². The van der Waals surface area contributed by atoms with Crippen molar-refractivity contribution in [3.8, 4) is 0 Å². The number of hydrogen-bond acceptors (Lipinski definition) is 2. The Morgan fingerprint density at radius 2 is 1.76 bits per heavy atom. The summed E-state index contributed by atoms with van der Waals surface area (Å²) in [6, 6.07) is 11.0. The summed E-state index contributed by atoms with van der Waals surface area (Å²) in [6.45, 7) is 5.32. The molecule has 1 aromatic carbocycles. The Balaban J connectivity index is 2.17. The molecule has 4 heteroatoms. The van der Waals surface area contributed by atoms with Crippen LogP contribution in [-0.4, -0.2) is 6.54 Å². The minimum Gasteiger partial charge on any atom is -0.310 e. The molecule has 0 radical (unpaired) electrons. The van der Waals surface area contributed by atoms with Crippen molar-refractivity contribution in [2.24, 2.45) is 0 Å². The number of aryl methyl sites for hydroxylation is 1. The van der Waals surface area contributed by atoms with E-state index in [0.717, 1.165) is 40.0 Å². The number of thiophene rings is 1. The molecule has 0 aliphatic heterocycles.